The summed E-state index contributed by atoms with van der Waals surface area (Å²) in [4.78, 5) is 2.66. The van der Waals surface area contributed by atoms with Crippen molar-refractivity contribution in [2.75, 3.05) is 53.0 Å². The minimum atomic E-state index is -3.52. The number of benzene rings is 1. The van der Waals surface area contributed by atoms with Crippen molar-refractivity contribution in [1.29, 1.82) is 0 Å². The third-order valence-electron chi connectivity index (χ3n) is 5.39. The van der Waals surface area contributed by atoms with Gasteiger partial charge in [0.25, 0.3) is 0 Å². The standard InChI is InChI=1S/C18H28N2O4S/c1-3-20-14-18(8-10-19(11-9-18)12-13-23-2)15-24-16-6-4-5-7-17(16)25(20,21)22/h4-7H,3,8-15H2,1-2H3. The van der Waals surface area contributed by atoms with E-state index in [-0.39, 0.29) is 10.3 Å². The van der Waals surface area contributed by atoms with E-state index in [0.717, 1.165) is 39.1 Å². The van der Waals surface area contributed by atoms with E-state index in [2.05, 4.69) is 4.90 Å². The predicted octanol–water partition coefficient (Wildman–Crippen LogP) is 1.82. The van der Waals surface area contributed by atoms with Crippen LogP contribution in [0.15, 0.2) is 29.2 Å². The van der Waals surface area contributed by atoms with E-state index in [1.165, 1.54) is 0 Å². The summed E-state index contributed by atoms with van der Waals surface area (Å²) in [5.74, 6) is 0.474. The highest BCUT2D eigenvalue weighted by Crippen LogP contribution is 2.38. The Morgan fingerprint density at radius 3 is 2.64 bits per heavy atom. The van der Waals surface area contributed by atoms with Gasteiger partial charge in [-0.25, -0.2) is 8.42 Å². The van der Waals surface area contributed by atoms with Gasteiger partial charge in [-0.1, -0.05) is 19.1 Å². The van der Waals surface area contributed by atoms with Gasteiger partial charge >= 0.3 is 0 Å². The maximum atomic E-state index is 13.1. The number of sulfonamides is 1. The maximum absolute atomic E-state index is 13.1. The van der Waals surface area contributed by atoms with Crippen molar-refractivity contribution in [2.24, 2.45) is 5.41 Å². The van der Waals surface area contributed by atoms with Gasteiger partial charge in [-0.15, -0.1) is 0 Å². The molecule has 7 heteroatoms. The molecule has 0 bridgehead atoms. The Bertz CT molecular complexity index is 684. The van der Waals surface area contributed by atoms with E-state index in [1.54, 1.807) is 29.6 Å². The van der Waals surface area contributed by atoms with Crippen molar-refractivity contribution in [2.45, 2.75) is 24.7 Å². The minimum Gasteiger partial charge on any atom is -0.492 e. The molecule has 0 N–H and O–H groups in total. The molecule has 0 aromatic heterocycles. The van der Waals surface area contributed by atoms with Gasteiger partial charge in [-0.2, -0.15) is 4.31 Å². The number of fused-ring (bicyclic) bond motifs is 1. The van der Waals surface area contributed by atoms with Crippen molar-refractivity contribution in [3.8, 4) is 5.75 Å². The van der Waals surface area contributed by atoms with Crippen molar-refractivity contribution in [3.05, 3.63) is 24.3 Å². The van der Waals surface area contributed by atoms with Crippen molar-refractivity contribution in [3.63, 3.8) is 0 Å². The minimum absolute atomic E-state index is 0.125. The van der Waals surface area contributed by atoms with Gasteiger partial charge < -0.3 is 14.4 Å². The molecule has 6 nitrogen and oxygen atoms in total. The Morgan fingerprint density at radius 2 is 1.96 bits per heavy atom. The van der Waals surface area contributed by atoms with Crippen molar-refractivity contribution < 1.29 is 17.9 Å². The van der Waals surface area contributed by atoms with E-state index in [9.17, 15) is 8.42 Å². The van der Waals surface area contributed by atoms with Crippen LogP contribution in [0.1, 0.15) is 19.8 Å². The van der Waals surface area contributed by atoms with Gasteiger partial charge in [0.1, 0.15) is 10.6 Å². The molecule has 2 aliphatic rings. The second-order valence-electron chi connectivity index (χ2n) is 7.00. The van der Waals surface area contributed by atoms with Crippen LogP contribution in [-0.2, 0) is 14.8 Å². The summed E-state index contributed by atoms with van der Waals surface area (Å²) in [6.07, 6.45) is 1.87. The van der Waals surface area contributed by atoms with Crippen LogP contribution in [0.5, 0.6) is 5.75 Å². The highest BCUT2D eigenvalue weighted by molar-refractivity contribution is 7.89. The molecule has 1 spiro atoms. The zero-order valence-electron chi connectivity index (χ0n) is 15.1. The van der Waals surface area contributed by atoms with E-state index >= 15 is 0 Å². The quantitative estimate of drug-likeness (QED) is 0.811. The summed E-state index contributed by atoms with van der Waals surface area (Å²) in [6, 6.07) is 6.97. The molecule has 0 amide bonds. The fraction of sp³-hybridized carbons (Fsp3) is 0.667. The van der Waals surface area contributed by atoms with Crippen molar-refractivity contribution in [1.82, 2.24) is 9.21 Å². The molecule has 1 fully saturated rings. The van der Waals surface area contributed by atoms with Crippen LogP contribution in [0.25, 0.3) is 0 Å². The first-order valence-electron chi connectivity index (χ1n) is 8.94. The average molecular weight is 368 g/mol. The van der Waals surface area contributed by atoms with Gasteiger partial charge in [0, 0.05) is 32.2 Å². The van der Waals surface area contributed by atoms with Gasteiger partial charge in [0.15, 0.2) is 0 Å². The monoisotopic (exact) mass is 368 g/mol. The number of methoxy groups -OCH3 is 1. The molecule has 1 saturated heterocycles. The third kappa shape index (κ3) is 3.84. The Morgan fingerprint density at radius 1 is 1.24 bits per heavy atom. The Hall–Kier alpha value is -1.15. The van der Waals surface area contributed by atoms with Crippen LogP contribution in [-0.4, -0.2) is 70.7 Å². The van der Waals surface area contributed by atoms with Gasteiger partial charge in [0.2, 0.25) is 10.0 Å². The lowest BCUT2D eigenvalue weighted by Gasteiger charge is -2.44. The molecule has 0 unspecified atom stereocenters. The number of hydrogen-bond acceptors (Lipinski definition) is 5. The first-order chi connectivity index (χ1) is 12.0. The lowest BCUT2D eigenvalue weighted by Crippen LogP contribution is -2.51. The van der Waals surface area contributed by atoms with Crippen LogP contribution in [0.4, 0.5) is 0 Å². The molecule has 25 heavy (non-hydrogen) atoms. The lowest BCUT2D eigenvalue weighted by atomic mass is 9.79. The van der Waals surface area contributed by atoms with Crippen LogP contribution in [0, 0.1) is 5.41 Å². The highest BCUT2D eigenvalue weighted by Gasteiger charge is 2.42. The molecule has 0 atom stereocenters. The van der Waals surface area contributed by atoms with Crippen LogP contribution in [0.2, 0.25) is 0 Å². The SMILES string of the molecule is CCN1CC2(CCN(CCOC)CC2)COc2ccccc2S1(=O)=O. The molecular weight excluding hydrogens is 340 g/mol. The number of ether oxygens (including phenoxy) is 2. The second kappa shape index (κ2) is 7.61. The Balaban J connectivity index is 1.83. The summed E-state index contributed by atoms with van der Waals surface area (Å²) in [5.41, 5.74) is -0.125. The first-order valence-corrected chi connectivity index (χ1v) is 10.4. The number of piperidine rings is 1. The zero-order valence-corrected chi connectivity index (χ0v) is 15.9. The first kappa shape index (κ1) is 18.6. The van der Waals surface area contributed by atoms with Gasteiger partial charge in [0.05, 0.1) is 13.2 Å². The zero-order chi connectivity index (χ0) is 17.9. The molecule has 0 radical (unpaired) electrons. The molecular formula is C18H28N2O4S. The number of likely N-dealkylation sites (tertiary alicyclic amines) is 1. The topological polar surface area (TPSA) is 59.1 Å². The molecule has 3 rings (SSSR count). The fourth-order valence-electron chi connectivity index (χ4n) is 3.71. The maximum Gasteiger partial charge on any atom is 0.246 e. The summed E-state index contributed by atoms with van der Waals surface area (Å²) in [7, 11) is -1.80. The number of hydrogen-bond donors (Lipinski definition) is 0. The largest absolute Gasteiger partial charge is 0.492 e. The third-order valence-corrected chi connectivity index (χ3v) is 7.35. The fourth-order valence-corrected chi connectivity index (χ4v) is 5.41. The van der Waals surface area contributed by atoms with Crippen LogP contribution >= 0.6 is 0 Å². The average Bonchev–Trinajstić information content (AvgIpc) is 2.63. The molecule has 1 aromatic rings. The lowest BCUT2D eigenvalue weighted by molar-refractivity contribution is 0.0276. The normalized spacial score (nSPS) is 23.4. The Kier molecular flexibility index (Phi) is 5.68. The number of para-hydroxylation sites is 1. The number of rotatable bonds is 4. The van der Waals surface area contributed by atoms with E-state index < -0.39 is 10.0 Å². The Labute approximate surface area is 150 Å². The van der Waals surface area contributed by atoms with E-state index in [0.29, 0.717) is 25.4 Å². The van der Waals surface area contributed by atoms with Gasteiger partial charge in [-0.3, -0.25) is 0 Å². The van der Waals surface area contributed by atoms with E-state index in [4.69, 9.17) is 9.47 Å². The summed E-state index contributed by atoms with van der Waals surface area (Å²) < 4.78 is 38.9. The molecule has 0 saturated carbocycles. The summed E-state index contributed by atoms with van der Waals surface area (Å²) >= 11 is 0. The molecule has 140 valence electrons. The molecule has 2 heterocycles. The molecule has 2 aliphatic heterocycles. The number of nitrogens with zero attached hydrogens (tertiary/aromatic N) is 2. The predicted molar refractivity (Wildman–Crippen MR) is 96.4 cm³/mol. The molecule has 0 aliphatic carbocycles. The van der Waals surface area contributed by atoms with Crippen molar-refractivity contribution >= 4 is 10.0 Å². The van der Waals surface area contributed by atoms with E-state index in [1.807, 2.05) is 13.0 Å². The summed E-state index contributed by atoms with van der Waals surface area (Å²) in [6.45, 7) is 7.03. The van der Waals surface area contributed by atoms with Gasteiger partial charge in [-0.05, 0) is 38.1 Å². The summed E-state index contributed by atoms with van der Waals surface area (Å²) in [5, 5.41) is 0. The van der Waals surface area contributed by atoms with Crippen LogP contribution < -0.4 is 4.74 Å². The van der Waals surface area contributed by atoms with Crippen LogP contribution in [0.3, 0.4) is 0 Å². The smallest absolute Gasteiger partial charge is 0.246 e. The second-order valence-corrected chi connectivity index (χ2v) is 8.91. The molecule has 1 aromatic carbocycles. The highest BCUT2D eigenvalue weighted by atomic mass is 32.2.